The van der Waals surface area contributed by atoms with Gasteiger partial charge in [-0.05, 0) is 24.8 Å². The number of hydrogen-bond acceptors (Lipinski definition) is 3. The molecule has 2 fully saturated rings. The van der Waals surface area contributed by atoms with E-state index in [1.165, 1.54) is 4.90 Å². The van der Waals surface area contributed by atoms with Crippen LogP contribution >= 0.6 is 0 Å². The van der Waals surface area contributed by atoms with Crippen molar-refractivity contribution in [2.45, 2.75) is 44.1 Å². The van der Waals surface area contributed by atoms with Crippen molar-refractivity contribution in [3.05, 3.63) is 35.9 Å². The number of piperidine rings is 1. The lowest BCUT2D eigenvalue weighted by Crippen LogP contribution is -2.53. The molecule has 5 heteroatoms. The van der Waals surface area contributed by atoms with E-state index in [9.17, 15) is 9.18 Å². The number of rotatable bonds is 4. The van der Waals surface area contributed by atoms with Crippen molar-refractivity contribution < 1.29 is 13.9 Å². The van der Waals surface area contributed by atoms with E-state index >= 15 is 0 Å². The predicted octanol–water partition coefficient (Wildman–Crippen LogP) is 2.49. The first kappa shape index (κ1) is 14.3. The molecule has 2 aliphatic rings. The summed E-state index contributed by atoms with van der Waals surface area (Å²) in [6.45, 7) is 0.910. The second-order valence-electron chi connectivity index (χ2n) is 5.84. The molecular weight excluding hydrogens is 271 g/mol. The number of likely N-dealkylation sites (tertiary alicyclic amines) is 1. The Hall–Kier alpha value is -1.62. The summed E-state index contributed by atoms with van der Waals surface area (Å²) in [5.41, 5.74) is 0.938. The third-order valence-corrected chi connectivity index (χ3v) is 4.03. The zero-order valence-corrected chi connectivity index (χ0v) is 12.0. The van der Waals surface area contributed by atoms with Crippen molar-refractivity contribution in [1.29, 1.82) is 0 Å². The minimum absolute atomic E-state index is 0.115. The topological polar surface area (TPSA) is 41.6 Å². The average molecular weight is 292 g/mol. The quantitative estimate of drug-likeness (QED) is 0.927. The van der Waals surface area contributed by atoms with Crippen molar-refractivity contribution in [2.75, 3.05) is 13.1 Å². The molecule has 0 bridgehead atoms. The van der Waals surface area contributed by atoms with E-state index in [0.717, 1.165) is 18.4 Å². The molecule has 21 heavy (non-hydrogen) atoms. The number of hydrogen-bond donors (Lipinski definition) is 1. The van der Waals surface area contributed by atoms with Gasteiger partial charge in [0, 0.05) is 18.6 Å². The predicted molar refractivity (Wildman–Crippen MR) is 77.7 cm³/mol. The van der Waals surface area contributed by atoms with E-state index in [-0.39, 0.29) is 19.2 Å². The molecule has 1 aliphatic carbocycles. The molecule has 1 aromatic carbocycles. The van der Waals surface area contributed by atoms with Gasteiger partial charge in [-0.25, -0.2) is 9.18 Å². The molecule has 1 aliphatic heterocycles. The lowest BCUT2D eigenvalue weighted by Gasteiger charge is -2.34. The summed E-state index contributed by atoms with van der Waals surface area (Å²) in [7, 11) is 0. The van der Waals surface area contributed by atoms with E-state index in [4.69, 9.17) is 4.74 Å². The lowest BCUT2D eigenvalue weighted by atomic mass is 10.0. The van der Waals surface area contributed by atoms with Crippen LogP contribution in [0.4, 0.5) is 9.18 Å². The monoisotopic (exact) mass is 292 g/mol. The molecule has 114 valence electrons. The van der Waals surface area contributed by atoms with Crippen LogP contribution in [0.25, 0.3) is 0 Å². The molecular formula is C16H21FN2O2. The fourth-order valence-corrected chi connectivity index (χ4v) is 2.62. The van der Waals surface area contributed by atoms with Crippen LogP contribution in [-0.4, -0.2) is 42.3 Å². The maximum absolute atomic E-state index is 14.1. The summed E-state index contributed by atoms with van der Waals surface area (Å²) in [5.74, 6) is 0. The Morgan fingerprint density at radius 2 is 2.05 bits per heavy atom. The number of ether oxygens (including phenoxy) is 1. The molecule has 0 aromatic heterocycles. The standard InChI is InChI=1S/C16H21FN2O2/c17-14-10-19(9-8-15(14)18-13-6-7-13)16(20)21-11-12-4-2-1-3-5-12/h1-5,13-15,18H,6-11H2/t14-,15-/m0/s1. The van der Waals surface area contributed by atoms with E-state index in [0.29, 0.717) is 19.0 Å². The Bertz CT molecular complexity index is 478. The normalized spacial score (nSPS) is 25.7. The molecule has 3 rings (SSSR count). The fraction of sp³-hybridized carbons (Fsp3) is 0.562. The Balaban J connectivity index is 1.45. The van der Waals surface area contributed by atoms with Gasteiger partial charge in [0.2, 0.25) is 0 Å². The molecule has 4 nitrogen and oxygen atoms in total. The number of benzene rings is 1. The molecule has 0 radical (unpaired) electrons. The van der Waals surface area contributed by atoms with E-state index in [2.05, 4.69) is 5.32 Å². The van der Waals surface area contributed by atoms with Crippen LogP contribution in [0.2, 0.25) is 0 Å². The highest BCUT2D eigenvalue weighted by atomic mass is 19.1. The van der Waals surface area contributed by atoms with Crippen LogP contribution in [0.1, 0.15) is 24.8 Å². The van der Waals surface area contributed by atoms with Gasteiger partial charge in [0.05, 0.1) is 6.54 Å². The maximum Gasteiger partial charge on any atom is 0.410 e. The zero-order chi connectivity index (χ0) is 14.7. The summed E-state index contributed by atoms with van der Waals surface area (Å²) < 4.78 is 19.3. The highest BCUT2D eigenvalue weighted by molar-refractivity contribution is 5.67. The van der Waals surface area contributed by atoms with Crippen LogP contribution < -0.4 is 5.32 Å². The number of nitrogens with one attached hydrogen (secondary N) is 1. The number of carbonyl (C=O) groups is 1. The first-order valence-electron chi connectivity index (χ1n) is 7.58. The van der Waals surface area contributed by atoms with Crippen molar-refractivity contribution in [3.63, 3.8) is 0 Å². The molecule has 1 aromatic rings. The second-order valence-corrected chi connectivity index (χ2v) is 5.84. The van der Waals surface area contributed by atoms with E-state index in [1.54, 1.807) is 0 Å². The van der Waals surface area contributed by atoms with Crippen LogP contribution in [0.3, 0.4) is 0 Å². The van der Waals surface area contributed by atoms with Gasteiger partial charge in [-0.15, -0.1) is 0 Å². The van der Waals surface area contributed by atoms with Gasteiger partial charge in [-0.1, -0.05) is 30.3 Å². The van der Waals surface area contributed by atoms with Gasteiger partial charge in [0.1, 0.15) is 12.8 Å². The Labute approximate surface area is 124 Å². The van der Waals surface area contributed by atoms with Gasteiger partial charge in [0.15, 0.2) is 0 Å². The first-order chi connectivity index (χ1) is 10.2. The molecule has 1 saturated carbocycles. The lowest BCUT2D eigenvalue weighted by molar-refractivity contribution is 0.0602. The molecule has 1 amide bonds. The van der Waals surface area contributed by atoms with Gasteiger partial charge in [-0.2, -0.15) is 0 Å². The summed E-state index contributed by atoms with van der Waals surface area (Å²) in [6, 6.07) is 9.89. The number of carbonyl (C=O) groups excluding carboxylic acids is 1. The van der Waals surface area contributed by atoms with E-state index < -0.39 is 12.3 Å². The molecule has 1 N–H and O–H groups in total. The van der Waals surface area contributed by atoms with Crippen molar-refractivity contribution in [3.8, 4) is 0 Å². The minimum Gasteiger partial charge on any atom is -0.445 e. The molecule has 1 heterocycles. The minimum atomic E-state index is -1.01. The van der Waals surface area contributed by atoms with Crippen molar-refractivity contribution in [1.82, 2.24) is 10.2 Å². The average Bonchev–Trinajstić information content (AvgIpc) is 3.32. The third kappa shape index (κ3) is 3.94. The molecule has 2 atom stereocenters. The van der Waals surface area contributed by atoms with Crippen molar-refractivity contribution >= 4 is 6.09 Å². The number of amides is 1. The van der Waals surface area contributed by atoms with Crippen LogP contribution in [0, 0.1) is 0 Å². The number of halogens is 1. The Kier molecular flexibility index (Phi) is 4.39. The third-order valence-electron chi connectivity index (χ3n) is 4.03. The molecule has 1 saturated heterocycles. The SMILES string of the molecule is O=C(OCc1ccccc1)N1CC[C@H](NC2CC2)[C@@H](F)C1. The van der Waals surface area contributed by atoms with E-state index in [1.807, 2.05) is 30.3 Å². The van der Waals surface area contributed by atoms with Crippen LogP contribution in [0.15, 0.2) is 30.3 Å². The smallest absolute Gasteiger partial charge is 0.410 e. The number of nitrogens with zero attached hydrogens (tertiary/aromatic N) is 1. The van der Waals surface area contributed by atoms with Crippen LogP contribution in [-0.2, 0) is 11.3 Å². The van der Waals surface area contributed by atoms with Gasteiger partial charge in [-0.3, -0.25) is 0 Å². The molecule has 0 spiro atoms. The largest absolute Gasteiger partial charge is 0.445 e. The first-order valence-corrected chi connectivity index (χ1v) is 7.58. The molecule has 0 unspecified atom stereocenters. The summed E-state index contributed by atoms with van der Waals surface area (Å²) in [6.07, 6.45) is 1.51. The Morgan fingerprint density at radius 3 is 2.71 bits per heavy atom. The highest BCUT2D eigenvalue weighted by Gasteiger charge is 2.35. The van der Waals surface area contributed by atoms with Crippen LogP contribution in [0.5, 0.6) is 0 Å². The second kappa shape index (κ2) is 6.43. The van der Waals surface area contributed by atoms with Crippen molar-refractivity contribution in [2.24, 2.45) is 0 Å². The highest BCUT2D eigenvalue weighted by Crippen LogP contribution is 2.23. The fourth-order valence-electron chi connectivity index (χ4n) is 2.62. The number of alkyl halides is 1. The van der Waals surface area contributed by atoms with Gasteiger partial charge in [0.25, 0.3) is 0 Å². The zero-order valence-electron chi connectivity index (χ0n) is 12.0. The summed E-state index contributed by atoms with van der Waals surface area (Å²) in [5, 5.41) is 3.31. The van der Waals surface area contributed by atoms with Gasteiger partial charge < -0.3 is 15.0 Å². The maximum atomic E-state index is 14.1. The summed E-state index contributed by atoms with van der Waals surface area (Å²) >= 11 is 0. The summed E-state index contributed by atoms with van der Waals surface area (Å²) in [4.78, 5) is 13.4. The Morgan fingerprint density at radius 1 is 1.29 bits per heavy atom. The van der Waals surface area contributed by atoms with Gasteiger partial charge >= 0.3 is 6.09 Å².